The molecule has 5 aliphatic heterocycles. The SMILES string of the molecule is CN[C@H]1[C@@H](O[C@@H]2O[C@H](C(=O)O)[C@@H](O[C@H]3O[C@H](CO)[C@@H](O)[C@H](O)[C@H]3NC(C)=O)[C@H](NC(C)=O)[C@@H]2NC(C)=O)[C@H](NC(C)=O)[C@@H](OC[C@H]2O[C@H](O)[C@H](N)[C@@H](O)[C@@H]2O[C@H]2O[C@H]([C@@H](O)CO)[C@@H](O)[C@H](O)[C@@H]2O)O[C@H]1C. The van der Waals surface area contributed by atoms with Crippen LogP contribution in [0.5, 0.6) is 0 Å². The Morgan fingerprint density at radius 1 is 0.577 bits per heavy atom. The van der Waals surface area contributed by atoms with Gasteiger partial charge in [-0.05, 0) is 14.0 Å². The van der Waals surface area contributed by atoms with Gasteiger partial charge in [-0.3, -0.25) is 19.2 Å². The van der Waals surface area contributed by atoms with Gasteiger partial charge in [0.15, 0.2) is 37.6 Å². The van der Waals surface area contributed by atoms with E-state index in [-0.39, 0.29) is 0 Å². The molecule has 5 rings (SSSR count). The Labute approximate surface area is 405 Å². The minimum Gasteiger partial charge on any atom is -0.479 e. The molecule has 0 spiro atoms. The first-order chi connectivity index (χ1) is 33.3. The minimum absolute atomic E-state index is 0.702. The van der Waals surface area contributed by atoms with Crippen LogP contribution in [0.15, 0.2) is 0 Å². The van der Waals surface area contributed by atoms with E-state index >= 15 is 0 Å². The number of ether oxygens (including phenoxy) is 9. The number of carbonyl (C=O) groups is 5. The zero-order valence-corrected chi connectivity index (χ0v) is 39.3. The fourth-order valence-corrected chi connectivity index (χ4v) is 9.17. The summed E-state index contributed by atoms with van der Waals surface area (Å²) in [5, 5.41) is 129. The topological polar surface area (TPSA) is 477 Å². The van der Waals surface area contributed by atoms with Crippen molar-refractivity contribution in [3.05, 3.63) is 0 Å². The first-order valence-electron chi connectivity index (χ1n) is 22.6. The Bertz CT molecular complexity index is 1810. The van der Waals surface area contributed by atoms with Crippen LogP contribution in [0.3, 0.4) is 0 Å². The molecule has 18 N–H and O–H groups in total. The van der Waals surface area contributed by atoms with Gasteiger partial charge in [0.25, 0.3) is 0 Å². The summed E-state index contributed by atoms with van der Waals surface area (Å²) >= 11 is 0. The van der Waals surface area contributed by atoms with E-state index in [1.54, 1.807) is 6.92 Å². The lowest BCUT2D eigenvalue weighted by Gasteiger charge is -2.51. The molecule has 0 aromatic carbocycles. The summed E-state index contributed by atoms with van der Waals surface area (Å²) in [7, 11) is 1.48. The van der Waals surface area contributed by atoms with Crippen LogP contribution < -0.4 is 32.3 Å². The van der Waals surface area contributed by atoms with Gasteiger partial charge in [0.2, 0.25) is 23.6 Å². The minimum atomic E-state index is -2.15. The summed E-state index contributed by atoms with van der Waals surface area (Å²) in [5.74, 6) is -4.75. The third-order valence-corrected chi connectivity index (χ3v) is 12.6. The number of carboxylic acid groups (broad SMARTS) is 1. The Balaban J connectivity index is 1.48. The maximum atomic E-state index is 13.2. The largest absolute Gasteiger partial charge is 0.479 e. The van der Waals surface area contributed by atoms with Crippen molar-refractivity contribution in [2.75, 3.05) is 26.9 Å². The van der Waals surface area contributed by atoms with Crippen LogP contribution in [-0.4, -0.2) is 272 Å². The fourth-order valence-electron chi connectivity index (χ4n) is 9.17. The summed E-state index contributed by atoms with van der Waals surface area (Å²) in [6.45, 7) is 3.34. The number of carboxylic acids is 1. The molecule has 4 amide bonds. The average molecular weight is 1030 g/mol. The molecule has 0 aromatic rings. The van der Waals surface area contributed by atoms with Gasteiger partial charge in [-0.25, -0.2) is 4.79 Å². The number of hydrogen-bond donors (Lipinski definition) is 17. The van der Waals surface area contributed by atoms with E-state index in [1.165, 1.54) is 7.05 Å². The second kappa shape index (κ2) is 25.2. The fraction of sp³-hybridized carbons (Fsp3) is 0.875. The van der Waals surface area contributed by atoms with Gasteiger partial charge in [0.05, 0.1) is 44.1 Å². The van der Waals surface area contributed by atoms with Crippen molar-refractivity contribution in [1.82, 2.24) is 26.6 Å². The van der Waals surface area contributed by atoms with Crippen LogP contribution in [0.2, 0.25) is 0 Å². The van der Waals surface area contributed by atoms with Gasteiger partial charge >= 0.3 is 5.97 Å². The summed E-state index contributed by atoms with van der Waals surface area (Å²) in [6.07, 6.45) is -35.2. The lowest BCUT2D eigenvalue weighted by Crippen LogP contribution is -2.74. The van der Waals surface area contributed by atoms with Crippen LogP contribution in [0, 0.1) is 0 Å². The van der Waals surface area contributed by atoms with Crippen molar-refractivity contribution in [2.24, 2.45) is 5.73 Å². The van der Waals surface area contributed by atoms with Crippen molar-refractivity contribution in [1.29, 1.82) is 0 Å². The lowest BCUT2D eigenvalue weighted by molar-refractivity contribution is -0.355. The third-order valence-electron chi connectivity index (χ3n) is 12.6. The molecule has 0 aromatic heterocycles. The van der Waals surface area contributed by atoms with Crippen molar-refractivity contribution in [2.45, 2.75) is 194 Å². The highest BCUT2D eigenvalue weighted by Gasteiger charge is 2.58. The molecule has 0 bridgehead atoms. The number of carbonyl (C=O) groups excluding carboxylic acids is 4. The van der Waals surface area contributed by atoms with Crippen molar-refractivity contribution in [3.63, 3.8) is 0 Å². The van der Waals surface area contributed by atoms with Crippen molar-refractivity contribution < 1.29 is 123 Å². The third kappa shape index (κ3) is 13.4. The summed E-state index contributed by atoms with van der Waals surface area (Å²) in [4.78, 5) is 64.1. The molecule has 0 unspecified atom stereocenters. The molecule has 5 fully saturated rings. The molecule has 31 nitrogen and oxygen atoms in total. The average Bonchev–Trinajstić information content (AvgIpc) is 3.29. The van der Waals surface area contributed by atoms with Crippen molar-refractivity contribution in [3.8, 4) is 0 Å². The molecule has 0 radical (unpaired) electrons. The van der Waals surface area contributed by atoms with Crippen LogP contribution in [0.4, 0.5) is 0 Å². The van der Waals surface area contributed by atoms with Gasteiger partial charge in [-0.2, -0.15) is 0 Å². The van der Waals surface area contributed by atoms with E-state index in [0.29, 0.717) is 0 Å². The molecule has 31 heteroatoms. The second-order valence-corrected chi connectivity index (χ2v) is 17.9. The van der Waals surface area contributed by atoms with Gasteiger partial charge < -0.3 is 131 Å². The maximum absolute atomic E-state index is 13.2. The molecular weight excluding hydrogens is 964 g/mol. The highest BCUT2D eigenvalue weighted by molar-refractivity contribution is 5.77. The van der Waals surface area contributed by atoms with E-state index in [0.717, 1.165) is 27.7 Å². The Morgan fingerprint density at radius 3 is 1.69 bits per heavy atom. The van der Waals surface area contributed by atoms with E-state index in [1.807, 2.05) is 0 Å². The first-order valence-corrected chi connectivity index (χ1v) is 22.6. The highest BCUT2D eigenvalue weighted by Crippen LogP contribution is 2.35. The number of rotatable bonds is 18. The van der Waals surface area contributed by atoms with Gasteiger partial charge in [-0.15, -0.1) is 0 Å². The first kappa shape index (κ1) is 58.4. The summed E-state index contributed by atoms with van der Waals surface area (Å²) in [6, 6.07) is -8.77. The number of hydrogen-bond acceptors (Lipinski definition) is 26. The number of aliphatic hydroxyl groups excluding tert-OH is 10. The molecule has 5 saturated heterocycles. The van der Waals surface area contributed by atoms with E-state index in [2.05, 4.69) is 26.6 Å². The summed E-state index contributed by atoms with van der Waals surface area (Å²) < 4.78 is 53.7. The Morgan fingerprint density at radius 2 is 1.13 bits per heavy atom. The molecule has 5 aliphatic rings. The highest BCUT2D eigenvalue weighted by atomic mass is 16.8. The predicted octanol–water partition coefficient (Wildman–Crippen LogP) is -10.7. The van der Waals surface area contributed by atoms with Crippen LogP contribution in [0.1, 0.15) is 34.6 Å². The number of aliphatic carboxylic acids is 1. The molecule has 71 heavy (non-hydrogen) atoms. The van der Waals surface area contributed by atoms with Crippen molar-refractivity contribution >= 4 is 29.6 Å². The second-order valence-electron chi connectivity index (χ2n) is 17.9. The maximum Gasteiger partial charge on any atom is 0.335 e. The summed E-state index contributed by atoms with van der Waals surface area (Å²) in [5.41, 5.74) is 5.98. The van der Waals surface area contributed by atoms with Gasteiger partial charge in [-0.1, -0.05) is 0 Å². The van der Waals surface area contributed by atoms with E-state index in [4.69, 9.17) is 48.4 Å². The van der Waals surface area contributed by atoms with Crippen LogP contribution in [0.25, 0.3) is 0 Å². The molecule has 0 aliphatic carbocycles. The lowest BCUT2D eigenvalue weighted by atomic mass is 9.91. The quantitative estimate of drug-likeness (QED) is 0.0606. The number of nitrogens with two attached hydrogens (primary N) is 1. The molecule has 0 saturated carbocycles. The number of likely N-dealkylation sites (N-methyl/N-ethyl adjacent to an activating group) is 1. The number of nitrogens with one attached hydrogen (secondary N) is 5. The molecular formula is C40H68N6O25. The molecule has 26 atom stereocenters. The monoisotopic (exact) mass is 1030 g/mol. The van der Waals surface area contributed by atoms with Gasteiger partial charge in [0, 0.05) is 27.7 Å². The predicted molar refractivity (Wildman–Crippen MR) is 227 cm³/mol. The smallest absolute Gasteiger partial charge is 0.335 e. The van der Waals surface area contributed by atoms with Crippen LogP contribution >= 0.6 is 0 Å². The van der Waals surface area contributed by atoms with Crippen LogP contribution in [-0.2, 0) is 66.6 Å². The Kier molecular flexibility index (Phi) is 20.7. The van der Waals surface area contributed by atoms with E-state index < -0.39 is 209 Å². The van der Waals surface area contributed by atoms with E-state index in [9.17, 15) is 80.1 Å². The normalized spacial score (nSPS) is 44.4. The molecule has 5 heterocycles. The number of aliphatic hydroxyl groups is 10. The number of amides is 4. The standard InChI is InChI=1S/C40H68N6O25/c1-10-19(42-6)32(23(46-14(5)52)37(64-10)63-9-17-31(25(55)18(41)36(62)65-17)68-40-29(59)27(57)28(58)30(67-40)15(53)7-47)69-38-21(44-12(3)50)20(43-11(2)49)33(34(71-38)35(60)61)70-39-22(45-13(4)51)26(56)24(54)16(8-48)66-39/h10,15-34,36-40,42,47-48,53-59,62H,7-9,41H2,1-6H3,(H,43,49)(H,44,50)(H,45,51)(H,46,52)(H,60,61)/t10-,15-,16+,17+,18+,19+,20+,21-,22+,23-,24+,25+,26+,27-,28-,29-,30+,31+,32+,33-,34-,36-,37-,38+,39+,40+/m0/s1. The van der Waals surface area contributed by atoms with Gasteiger partial charge in [0.1, 0.15) is 97.5 Å². The molecule has 408 valence electrons. The Hall–Kier alpha value is -3.49. The zero-order valence-electron chi connectivity index (χ0n) is 39.3. The zero-order chi connectivity index (χ0) is 52.9.